The Bertz CT molecular complexity index is 769. The molecule has 0 aliphatic carbocycles. The number of benzene rings is 2. The van der Waals surface area contributed by atoms with E-state index in [2.05, 4.69) is 10.6 Å². The van der Waals surface area contributed by atoms with Crippen LogP contribution in [0.25, 0.3) is 0 Å². The Morgan fingerprint density at radius 3 is 2.30 bits per heavy atom. The molecule has 1 atom stereocenters. The largest absolute Gasteiger partial charge is 0.508 e. The van der Waals surface area contributed by atoms with Crippen molar-refractivity contribution in [3.05, 3.63) is 60.2 Å². The smallest absolute Gasteiger partial charge is 0.319 e. The SMILES string of the molecule is CC(NC(=O)Nc1ccccc1)C(=O)N1CCC(c2ccc(O)cc2)CC1. The minimum Gasteiger partial charge on any atom is -0.508 e. The monoisotopic (exact) mass is 367 g/mol. The van der Waals surface area contributed by atoms with Gasteiger partial charge in [0, 0.05) is 18.8 Å². The van der Waals surface area contributed by atoms with Gasteiger partial charge in [-0.15, -0.1) is 0 Å². The van der Waals surface area contributed by atoms with Gasteiger partial charge in [0.1, 0.15) is 11.8 Å². The van der Waals surface area contributed by atoms with Gasteiger partial charge in [-0.3, -0.25) is 4.79 Å². The van der Waals surface area contributed by atoms with Gasteiger partial charge >= 0.3 is 6.03 Å². The number of phenols is 1. The molecule has 1 saturated heterocycles. The molecule has 0 bridgehead atoms. The Morgan fingerprint density at radius 2 is 1.67 bits per heavy atom. The van der Waals surface area contributed by atoms with Crippen molar-refractivity contribution in [2.45, 2.75) is 31.7 Å². The van der Waals surface area contributed by atoms with Crippen molar-refractivity contribution in [1.29, 1.82) is 0 Å². The lowest BCUT2D eigenvalue weighted by molar-refractivity contribution is -0.133. The first-order valence-electron chi connectivity index (χ1n) is 9.23. The quantitative estimate of drug-likeness (QED) is 0.775. The molecule has 6 nitrogen and oxygen atoms in total. The molecular weight excluding hydrogens is 342 g/mol. The normalized spacial score (nSPS) is 15.8. The summed E-state index contributed by atoms with van der Waals surface area (Å²) >= 11 is 0. The van der Waals surface area contributed by atoms with Crippen molar-refractivity contribution in [1.82, 2.24) is 10.2 Å². The molecule has 2 aromatic carbocycles. The lowest BCUT2D eigenvalue weighted by atomic mass is 9.89. The number of phenolic OH excluding ortho intramolecular Hbond substituents is 1. The number of rotatable bonds is 4. The first-order valence-corrected chi connectivity index (χ1v) is 9.23. The summed E-state index contributed by atoms with van der Waals surface area (Å²) in [6, 6.07) is 15.4. The number of carbonyl (C=O) groups is 2. The molecule has 3 amide bonds. The van der Waals surface area contributed by atoms with Gasteiger partial charge in [-0.2, -0.15) is 0 Å². The maximum absolute atomic E-state index is 12.6. The summed E-state index contributed by atoms with van der Waals surface area (Å²) in [6.45, 7) is 3.03. The number of hydrogen-bond acceptors (Lipinski definition) is 3. The summed E-state index contributed by atoms with van der Waals surface area (Å²) < 4.78 is 0. The van der Waals surface area contributed by atoms with E-state index in [0.717, 1.165) is 12.8 Å². The summed E-state index contributed by atoms with van der Waals surface area (Å²) in [5, 5.41) is 14.8. The molecule has 1 aliphatic rings. The van der Waals surface area contributed by atoms with Crippen molar-refractivity contribution in [2.75, 3.05) is 18.4 Å². The van der Waals surface area contributed by atoms with E-state index in [0.29, 0.717) is 24.7 Å². The topological polar surface area (TPSA) is 81.7 Å². The average Bonchev–Trinajstić information content (AvgIpc) is 2.69. The molecule has 0 saturated carbocycles. The van der Waals surface area contributed by atoms with Gasteiger partial charge in [0.2, 0.25) is 5.91 Å². The van der Waals surface area contributed by atoms with Crippen LogP contribution in [0.4, 0.5) is 10.5 Å². The number of aromatic hydroxyl groups is 1. The minimum absolute atomic E-state index is 0.0673. The van der Waals surface area contributed by atoms with Gasteiger partial charge in [0.05, 0.1) is 0 Å². The molecule has 27 heavy (non-hydrogen) atoms. The number of nitrogens with one attached hydrogen (secondary N) is 2. The van der Waals surface area contributed by atoms with Crippen molar-refractivity contribution in [3.8, 4) is 5.75 Å². The van der Waals surface area contributed by atoms with E-state index in [4.69, 9.17) is 0 Å². The van der Waals surface area contributed by atoms with Gasteiger partial charge in [-0.05, 0) is 55.5 Å². The second kappa shape index (κ2) is 8.58. The Morgan fingerprint density at radius 1 is 1.04 bits per heavy atom. The number of urea groups is 1. The molecule has 1 unspecified atom stereocenters. The van der Waals surface area contributed by atoms with Crippen molar-refractivity contribution < 1.29 is 14.7 Å². The predicted molar refractivity (Wildman–Crippen MR) is 105 cm³/mol. The molecule has 142 valence electrons. The van der Waals surface area contributed by atoms with E-state index in [-0.39, 0.29) is 17.7 Å². The molecule has 1 fully saturated rings. The zero-order valence-electron chi connectivity index (χ0n) is 15.4. The lowest BCUT2D eigenvalue weighted by Crippen LogP contribution is -2.50. The number of para-hydroxylation sites is 1. The number of piperidine rings is 1. The molecule has 0 spiro atoms. The van der Waals surface area contributed by atoms with Gasteiger partial charge < -0.3 is 20.6 Å². The number of nitrogens with zero attached hydrogens (tertiary/aromatic N) is 1. The van der Waals surface area contributed by atoms with Crippen LogP contribution in [0.2, 0.25) is 0 Å². The van der Waals surface area contributed by atoms with E-state index in [1.54, 1.807) is 31.2 Å². The first kappa shape index (κ1) is 18.8. The zero-order valence-corrected chi connectivity index (χ0v) is 15.4. The highest BCUT2D eigenvalue weighted by Gasteiger charge is 2.27. The van der Waals surface area contributed by atoms with E-state index in [9.17, 15) is 14.7 Å². The summed E-state index contributed by atoms with van der Waals surface area (Å²) in [6.07, 6.45) is 1.75. The molecule has 0 radical (unpaired) electrons. The predicted octanol–water partition coefficient (Wildman–Crippen LogP) is 3.31. The maximum Gasteiger partial charge on any atom is 0.319 e. The van der Waals surface area contributed by atoms with Crippen LogP contribution in [0, 0.1) is 0 Å². The molecule has 2 aromatic rings. The van der Waals surface area contributed by atoms with E-state index < -0.39 is 6.04 Å². The summed E-state index contributed by atoms with van der Waals surface area (Å²) in [5.41, 5.74) is 1.87. The highest BCUT2D eigenvalue weighted by atomic mass is 16.3. The fourth-order valence-corrected chi connectivity index (χ4v) is 3.40. The molecule has 1 heterocycles. The summed E-state index contributed by atoms with van der Waals surface area (Å²) in [7, 11) is 0. The van der Waals surface area contributed by atoms with Crippen molar-refractivity contribution in [2.24, 2.45) is 0 Å². The summed E-state index contributed by atoms with van der Waals surface area (Å²) in [5.74, 6) is 0.585. The first-order chi connectivity index (χ1) is 13.0. The molecule has 0 aromatic heterocycles. The fraction of sp³-hybridized carbons (Fsp3) is 0.333. The number of carbonyl (C=O) groups excluding carboxylic acids is 2. The second-order valence-electron chi connectivity index (χ2n) is 6.88. The van der Waals surface area contributed by atoms with Crippen LogP contribution in [0.1, 0.15) is 31.2 Å². The highest BCUT2D eigenvalue weighted by Crippen LogP contribution is 2.29. The third-order valence-electron chi connectivity index (χ3n) is 4.92. The van der Waals surface area contributed by atoms with Crippen molar-refractivity contribution >= 4 is 17.6 Å². The lowest BCUT2D eigenvalue weighted by Gasteiger charge is -2.34. The summed E-state index contributed by atoms with van der Waals surface area (Å²) in [4.78, 5) is 26.5. The molecular formula is C21H25N3O3. The number of amides is 3. The Kier molecular flexibility index (Phi) is 5.96. The van der Waals surface area contributed by atoms with E-state index in [1.165, 1.54) is 5.56 Å². The third-order valence-corrected chi connectivity index (χ3v) is 4.92. The number of anilines is 1. The second-order valence-corrected chi connectivity index (χ2v) is 6.88. The van der Waals surface area contributed by atoms with Crippen LogP contribution in [0.3, 0.4) is 0 Å². The minimum atomic E-state index is -0.584. The van der Waals surface area contributed by atoms with Crippen LogP contribution in [0.5, 0.6) is 5.75 Å². The van der Waals surface area contributed by atoms with Crippen LogP contribution in [0.15, 0.2) is 54.6 Å². The average molecular weight is 367 g/mol. The molecule has 6 heteroatoms. The molecule has 1 aliphatic heterocycles. The Hall–Kier alpha value is -3.02. The Balaban J connectivity index is 1.48. The molecule has 3 N–H and O–H groups in total. The molecule has 3 rings (SSSR count). The zero-order chi connectivity index (χ0) is 19.2. The highest BCUT2D eigenvalue weighted by molar-refractivity contribution is 5.93. The van der Waals surface area contributed by atoms with Crippen LogP contribution in [-0.4, -0.2) is 41.1 Å². The van der Waals surface area contributed by atoms with E-state index in [1.807, 2.05) is 35.2 Å². The van der Waals surface area contributed by atoms with Gasteiger partial charge in [0.15, 0.2) is 0 Å². The van der Waals surface area contributed by atoms with Crippen LogP contribution < -0.4 is 10.6 Å². The van der Waals surface area contributed by atoms with Gasteiger partial charge in [0.25, 0.3) is 0 Å². The third kappa shape index (κ3) is 5.00. The van der Waals surface area contributed by atoms with Crippen LogP contribution >= 0.6 is 0 Å². The standard InChI is InChI=1S/C21H25N3O3/c1-15(22-21(27)23-18-5-3-2-4-6-18)20(26)24-13-11-17(12-14-24)16-7-9-19(25)10-8-16/h2-10,15,17,25H,11-14H2,1H3,(H2,22,23,27). The van der Waals surface area contributed by atoms with Crippen LogP contribution in [-0.2, 0) is 4.79 Å². The Labute approximate surface area is 159 Å². The number of hydrogen-bond donors (Lipinski definition) is 3. The number of likely N-dealkylation sites (tertiary alicyclic amines) is 1. The van der Waals surface area contributed by atoms with Gasteiger partial charge in [-0.25, -0.2) is 4.79 Å². The van der Waals surface area contributed by atoms with Crippen molar-refractivity contribution in [3.63, 3.8) is 0 Å². The maximum atomic E-state index is 12.6. The van der Waals surface area contributed by atoms with Gasteiger partial charge in [-0.1, -0.05) is 30.3 Å². The fourth-order valence-electron chi connectivity index (χ4n) is 3.40. The van der Waals surface area contributed by atoms with E-state index >= 15 is 0 Å².